The molecule has 3 rings (SSSR count). The third kappa shape index (κ3) is 3.88. The number of fused-ring (bicyclic) bond motifs is 1. The van der Waals surface area contributed by atoms with Crippen molar-refractivity contribution in [1.29, 1.82) is 0 Å². The zero-order chi connectivity index (χ0) is 18.5. The Kier molecular flexibility index (Phi) is 5.27. The van der Waals surface area contributed by atoms with Crippen LogP contribution in [0.5, 0.6) is 5.75 Å². The average Bonchev–Trinajstić information content (AvgIpc) is 2.66. The highest BCUT2D eigenvalue weighted by atomic mass is 35.5. The van der Waals surface area contributed by atoms with Crippen molar-refractivity contribution in [3.63, 3.8) is 0 Å². The fourth-order valence-electron chi connectivity index (χ4n) is 2.19. The van der Waals surface area contributed by atoms with Crippen molar-refractivity contribution < 1.29 is 15.0 Å². The molecule has 1 aromatic carbocycles. The van der Waals surface area contributed by atoms with Crippen molar-refractivity contribution in [2.45, 2.75) is 6.54 Å². The zero-order valence-corrected chi connectivity index (χ0v) is 14.2. The van der Waals surface area contributed by atoms with Crippen LogP contribution in [0.4, 0.5) is 0 Å². The lowest BCUT2D eigenvalue weighted by Gasteiger charge is -2.08. The third-order valence-corrected chi connectivity index (χ3v) is 3.72. The second kappa shape index (κ2) is 7.78. The van der Waals surface area contributed by atoms with Crippen molar-refractivity contribution in [1.82, 2.24) is 20.3 Å². The van der Waals surface area contributed by atoms with Gasteiger partial charge in [-0.15, -0.1) is 0 Å². The lowest BCUT2D eigenvalue weighted by atomic mass is 10.2. The molecule has 0 spiro atoms. The van der Waals surface area contributed by atoms with Crippen molar-refractivity contribution in [3.05, 3.63) is 58.6 Å². The summed E-state index contributed by atoms with van der Waals surface area (Å²) in [6.07, 6.45) is 2.65. The largest absolute Gasteiger partial charge is 0.505 e. The first-order chi connectivity index (χ1) is 12.6. The molecule has 0 radical (unpaired) electrons. The summed E-state index contributed by atoms with van der Waals surface area (Å²) >= 11 is 5.83. The second-order valence-electron chi connectivity index (χ2n) is 5.22. The summed E-state index contributed by atoms with van der Waals surface area (Å²) < 4.78 is 0. The lowest BCUT2D eigenvalue weighted by molar-refractivity contribution is 0.0948. The number of aliphatic hydroxyl groups is 1. The minimum absolute atomic E-state index is 0.00812. The van der Waals surface area contributed by atoms with Gasteiger partial charge in [-0.25, -0.2) is 9.97 Å². The number of nitrogens with one attached hydrogen (secondary N) is 1. The maximum absolute atomic E-state index is 12.4. The number of hydrogen-bond donors (Lipinski definition) is 3. The van der Waals surface area contributed by atoms with Crippen LogP contribution < -0.4 is 5.32 Å². The quantitative estimate of drug-likeness (QED) is 0.607. The molecule has 130 valence electrons. The average molecular weight is 369 g/mol. The van der Waals surface area contributed by atoms with E-state index in [-0.39, 0.29) is 35.8 Å². The number of rotatable bonds is 3. The molecule has 0 fully saturated rings. The lowest BCUT2D eigenvalue weighted by Crippen LogP contribution is -2.23. The number of benzene rings is 1. The molecule has 0 bridgehead atoms. The summed E-state index contributed by atoms with van der Waals surface area (Å²) in [6, 6.07) is 7.04. The van der Waals surface area contributed by atoms with Crippen molar-refractivity contribution in [2.75, 3.05) is 6.61 Å². The zero-order valence-electron chi connectivity index (χ0n) is 13.4. The molecule has 0 unspecified atom stereocenters. The predicted molar refractivity (Wildman–Crippen MR) is 95.6 cm³/mol. The van der Waals surface area contributed by atoms with Crippen LogP contribution in [0, 0.1) is 11.8 Å². The Bertz CT molecular complexity index is 1030. The van der Waals surface area contributed by atoms with Gasteiger partial charge in [0.1, 0.15) is 23.2 Å². The van der Waals surface area contributed by atoms with Gasteiger partial charge in [0.05, 0.1) is 6.20 Å². The van der Waals surface area contributed by atoms with E-state index in [4.69, 9.17) is 16.7 Å². The number of aromatic nitrogens is 3. The summed E-state index contributed by atoms with van der Waals surface area (Å²) in [5.41, 5.74) is 1.29. The van der Waals surface area contributed by atoms with Crippen LogP contribution in [0.2, 0.25) is 5.02 Å². The molecule has 1 amide bonds. The van der Waals surface area contributed by atoms with Crippen LogP contribution in [-0.2, 0) is 6.54 Å². The minimum atomic E-state index is -0.492. The van der Waals surface area contributed by atoms with E-state index < -0.39 is 5.91 Å². The van der Waals surface area contributed by atoms with Crippen LogP contribution in [0.25, 0.3) is 11.0 Å². The first-order valence-electron chi connectivity index (χ1n) is 7.55. The van der Waals surface area contributed by atoms with Gasteiger partial charge in [-0.05, 0) is 23.6 Å². The summed E-state index contributed by atoms with van der Waals surface area (Å²) in [4.78, 5) is 24.5. The number of halogens is 1. The van der Waals surface area contributed by atoms with Gasteiger partial charge in [0.2, 0.25) is 5.82 Å². The van der Waals surface area contributed by atoms with Crippen molar-refractivity contribution in [3.8, 4) is 17.6 Å². The highest BCUT2D eigenvalue weighted by molar-refractivity contribution is 6.30. The standard InChI is InChI=1S/C18H13ClN4O3/c19-12-5-3-11(4-6-12)8-22-18(26)13-9-20-14-10-21-15(2-1-7-24)23-16(14)17(13)25/h3-6,9-10,24H,7-8H2,(H,20,25)(H,22,26). The van der Waals surface area contributed by atoms with Gasteiger partial charge < -0.3 is 15.5 Å². The number of pyridine rings is 1. The number of carbonyl (C=O) groups is 1. The maximum atomic E-state index is 12.4. The molecule has 0 aliphatic heterocycles. The Balaban J connectivity index is 1.85. The number of amides is 1. The first-order valence-corrected chi connectivity index (χ1v) is 7.93. The molecule has 0 aliphatic rings. The van der Waals surface area contributed by atoms with E-state index in [1.54, 1.807) is 24.3 Å². The molecular weight excluding hydrogens is 356 g/mol. The minimum Gasteiger partial charge on any atom is -0.505 e. The Morgan fingerprint density at radius 1 is 1.19 bits per heavy atom. The Morgan fingerprint density at radius 2 is 1.96 bits per heavy atom. The molecule has 0 aliphatic carbocycles. The maximum Gasteiger partial charge on any atom is 0.256 e. The molecule has 26 heavy (non-hydrogen) atoms. The van der Waals surface area contributed by atoms with Crippen LogP contribution in [0.3, 0.4) is 0 Å². The van der Waals surface area contributed by atoms with Gasteiger partial charge in [0.25, 0.3) is 5.91 Å². The highest BCUT2D eigenvalue weighted by Gasteiger charge is 2.16. The second-order valence-corrected chi connectivity index (χ2v) is 5.65. The normalized spacial score (nSPS) is 10.2. The van der Waals surface area contributed by atoms with E-state index in [1.807, 2.05) is 0 Å². The fourth-order valence-corrected chi connectivity index (χ4v) is 2.32. The molecule has 0 saturated heterocycles. The number of nitrogens with zero attached hydrogens (tertiary/aromatic N) is 3. The van der Waals surface area contributed by atoms with E-state index in [1.165, 1.54) is 12.4 Å². The Labute approximate surface area is 153 Å². The van der Waals surface area contributed by atoms with E-state index in [9.17, 15) is 9.90 Å². The molecule has 3 aromatic rings. The molecule has 0 atom stereocenters. The van der Waals surface area contributed by atoms with Crippen LogP contribution in [0.1, 0.15) is 21.7 Å². The number of aliphatic hydroxyl groups excluding tert-OH is 1. The molecular formula is C18H13ClN4O3. The van der Waals surface area contributed by atoms with E-state index in [2.05, 4.69) is 32.1 Å². The van der Waals surface area contributed by atoms with Crippen LogP contribution in [-0.4, -0.2) is 37.7 Å². The Morgan fingerprint density at radius 3 is 2.69 bits per heavy atom. The van der Waals surface area contributed by atoms with E-state index in [0.29, 0.717) is 10.5 Å². The third-order valence-electron chi connectivity index (χ3n) is 3.47. The highest BCUT2D eigenvalue weighted by Crippen LogP contribution is 2.25. The van der Waals surface area contributed by atoms with Gasteiger partial charge in [-0.3, -0.25) is 9.78 Å². The van der Waals surface area contributed by atoms with Gasteiger partial charge in [-0.1, -0.05) is 29.7 Å². The molecule has 8 heteroatoms. The van der Waals surface area contributed by atoms with Crippen molar-refractivity contribution in [2.24, 2.45) is 0 Å². The SMILES string of the molecule is O=C(NCc1ccc(Cl)cc1)c1cnc2cnc(C#CCO)nc2c1O. The van der Waals surface area contributed by atoms with E-state index >= 15 is 0 Å². The van der Waals surface area contributed by atoms with E-state index in [0.717, 1.165) is 5.56 Å². The monoisotopic (exact) mass is 368 g/mol. The van der Waals surface area contributed by atoms with Gasteiger partial charge in [0, 0.05) is 17.8 Å². The van der Waals surface area contributed by atoms with Crippen LogP contribution in [0.15, 0.2) is 36.7 Å². The predicted octanol–water partition coefficient (Wildman–Crippen LogP) is 1.66. The number of aromatic hydroxyl groups is 1. The fraction of sp³-hybridized carbons (Fsp3) is 0.111. The summed E-state index contributed by atoms with van der Waals surface area (Å²) in [6.45, 7) is -0.0662. The van der Waals surface area contributed by atoms with Gasteiger partial charge in [-0.2, -0.15) is 0 Å². The molecule has 2 aromatic heterocycles. The smallest absolute Gasteiger partial charge is 0.256 e. The topological polar surface area (TPSA) is 108 Å². The first kappa shape index (κ1) is 17.6. The summed E-state index contributed by atoms with van der Waals surface area (Å²) in [5.74, 6) is 4.27. The molecule has 2 heterocycles. The molecule has 7 nitrogen and oxygen atoms in total. The Hall–Kier alpha value is -3.21. The summed E-state index contributed by atoms with van der Waals surface area (Å²) in [7, 11) is 0. The van der Waals surface area contributed by atoms with Crippen LogP contribution >= 0.6 is 11.6 Å². The molecule has 0 saturated carbocycles. The van der Waals surface area contributed by atoms with Gasteiger partial charge in [0.15, 0.2) is 5.75 Å². The number of hydrogen-bond acceptors (Lipinski definition) is 6. The molecule has 3 N–H and O–H groups in total. The van der Waals surface area contributed by atoms with Gasteiger partial charge >= 0.3 is 0 Å². The van der Waals surface area contributed by atoms with Crippen molar-refractivity contribution >= 4 is 28.5 Å². The summed E-state index contributed by atoms with van der Waals surface area (Å²) in [5, 5.41) is 22.4. The number of carbonyl (C=O) groups excluding carboxylic acids is 1.